The number of esters is 1. The largest absolute Gasteiger partial charge is 0.492 e. The molecule has 4 rings (SSSR count). The molecule has 4 aromatic carbocycles. The summed E-state index contributed by atoms with van der Waals surface area (Å²) in [6.07, 6.45) is 0. The van der Waals surface area contributed by atoms with Crippen LogP contribution in [0.5, 0.6) is 17.2 Å². The first-order valence-corrected chi connectivity index (χ1v) is 10.1. The molecule has 0 heterocycles. The van der Waals surface area contributed by atoms with Gasteiger partial charge in [0.15, 0.2) is 17.2 Å². The lowest BCUT2D eigenvalue weighted by molar-refractivity contribution is -0.131. The summed E-state index contributed by atoms with van der Waals surface area (Å²) < 4.78 is 17.4. The summed E-state index contributed by atoms with van der Waals surface area (Å²) in [5.41, 5.74) is 3.41. The predicted octanol–water partition coefficient (Wildman–Crippen LogP) is 6.77. The number of benzene rings is 4. The van der Waals surface area contributed by atoms with E-state index in [1.165, 1.54) is 6.92 Å². The van der Waals surface area contributed by atoms with Crippen LogP contribution in [0.2, 0.25) is 5.02 Å². The molecule has 4 nitrogen and oxygen atoms in total. The SMILES string of the molecule is COc1c(OC)c(-c2ccccc2)c2c(OC(C)=O)c(Cl)ccc2c1-c1ccccc1. The van der Waals surface area contributed by atoms with Crippen LogP contribution in [0.25, 0.3) is 33.0 Å². The van der Waals surface area contributed by atoms with Gasteiger partial charge in [-0.05, 0) is 22.6 Å². The minimum absolute atomic E-state index is 0.295. The van der Waals surface area contributed by atoms with Gasteiger partial charge in [0.2, 0.25) is 0 Å². The first-order chi connectivity index (χ1) is 15.1. The van der Waals surface area contributed by atoms with Crippen molar-refractivity contribution in [3.63, 3.8) is 0 Å². The van der Waals surface area contributed by atoms with E-state index in [-0.39, 0.29) is 0 Å². The standard InChI is InChI=1S/C26H21ClO4/c1-16(28)31-24-20(27)15-14-19-21(17-10-6-4-7-11-17)25(29-2)26(30-3)22(23(19)24)18-12-8-5-9-13-18/h4-15H,1-3H3. The van der Waals surface area contributed by atoms with Crippen LogP contribution in [-0.4, -0.2) is 20.2 Å². The van der Waals surface area contributed by atoms with Crippen LogP contribution < -0.4 is 14.2 Å². The summed E-state index contributed by atoms with van der Waals surface area (Å²) in [6.45, 7) is 1.36. The van der Waals surface area contributed by atoms with Gasteiger partial charge in [-0.2, -0.15) is 0 Å². The van der Waals surface area contributed by atoms with E-state index in [2.05, 4.69) is 0 Å². The molecule has 0 aliphatic carbocycles. The minimum Gasteiger partial charge on any atom is -0.492 e. The van der Waals surface area contributed by atoms with E-state index in [4.69, 9.17) is 25.8 Å². The highest BCUT2D eigenvalue weighted by Crippen LogP contribution is 2.54. The number of methoxy groups -OCH3 is 2. The van der Waals surface area contributed by atoms with Gasteiger partial charge in [-0.3, -0.25) is 4.79 Å². The summed E-state index contributed by atoms with van der Waals surface area (Å²) in [5.74, 6) is 0.972. The first-order valence-electron chi connectivity index (χ1n) is 9.76. The molecule has 156 valence electrons. The third kappa shape index (κ3) is 3.71. The van der Waals surface area contributed by atoms with E-state index in [9.17, 15) is 4.79 Å². The van der Waals surface area contributed by atoms with Gasteiger partial charge in [-0.25, -0.2) is 0 Å². The lowest BCUT2D eigenvalue weighted by Gasteiger charge is -2.22. The van der Waals surface area contributed by atoms with Crippen LogP contribution in [0, 0.1) is 0 Å². The third-order valence-electron chi connectivity index (χ3n) is 5.07. The van der Waals surface area contributed by atoms with E-state index < -0.39 is 5.97 Å². The number of rotatable bonds is 5. The normalized spacial score (nSPS) is 10.7. The van der Waals surface area contributed by atoms with Crippen LogP contribution in [-0.2, 0) is 4.79 Å². The molecule has 0 saturated heterocycles. The zero-order chi connectivity index (χ0) is 22.0. The van der Waals surface area contributed by atoms with Crippen LogP contribution >= 0.6 is 11.6 Å². The first kappa shape index (κ1) is 20.8. The molecule has 4 aromatic rings. The molecular weight excluding hydrogens is 412 g/mol. The molecule has 0 fully saturated rings. The Bertz CT molecular complexity index is 1250. The molecule has 0 saturated carbocycles. The highest BCUT2D eigenvalue weighted by Gasteiger charge is 2.27. The maximum atomic E-state index is 12.0. The van der Waals surface area contributed by atoms with Crippen molar-refractivity contribution < 1.29 is 19.0 Å². The molecular formula is C26H21ClO4. The van der Waals surface area contributed by atoms with Crippen LogP contribution in [0.1, 0.15) is 6.92 Å². The summed E-state index contributed by atoms with van der Waals surface area (Å²) in [6, 6.07) is 23.3. The van der Waals surface area contributed by atoms with Gasteiger partial charge in [0, 0.05) is 23.4 Å². The molecule has 0 aliphatic heterocycles. The second kappa shape index (κ2) is 8.70. The topological polar surface area (TPSA) is 44.8 Å². The van der Waals surface area contributed by atoms with Gasteiger partial charge < -0.3 is 14.2 Å². The maximum absolute atomic E-state index is 12.0. The fraction of sp³-hybridized carbons (Fsp3) is 0.115. The Balaban J connectivity index is 2.27. The van der Waals surface area contributed by atoms with Gasteiger partial charge in [0.1, 0.15) is 0 Å². The van der Waals surface area contributed by atoms with E-state index in [1.807, 2.05) is 66.7 Å². The molecule has 0 amide bonds. The number of carbonyl (C=O) groups excluding carboxylic acids is 1. The van der Waals surface area contributed by atoms with E-state index in [0.29, 0.717) is 27.7 Å². The number of hydrogen-bond acceptors (Lipinski definition) is 4. The molecule has 0 aliphatic rings. The van der Waals surface area contributed by atoms with Gasteiger partial charge in [-0.1, -0.05) is 78.3 Å². The third-order valence-corrected chi connectivity index (χ3v) is 5.37. The average Bonchev–Trinajstić information content (AvgIpc) is 2.80. The Morgan fingerprint density at radius 1 is 0.710 bits per heavy atom. The van der Waals surface area contributed by atoms with Gasteiger partial charge in [0.05, 0.1) is 19.2 Å². The lowest BCUT2D eigenvalue weighted by Crippen LogP contribution is -2.05. The Kier molecular flexibility index (Phi) is 5.83. The van der Waals surface area contributed by atoms with Gasteiger partial charge in [0.25, 0.3) is 0 Å². The van der Waals surface area contributed by atoms with Crippen molar-refractivity contribution in [2.75, 3.05) is 14.2 Å². The average molecular weight is 433 g/mol. The van der Waals surface area contributed by atoms with Crippen molar-refractivity contribution in [2.45, 2.75) is 6.92 Å². The molecule has 5 heteroatoms. The zero-order valence-corrected chi connectivity index (χ0v) is 18.2. The van der Waals surface area contributed by atoms with Crippen LogP contribution in [0.15, 0.2) is 72.8 Å². The lowest BCUT2D eigenvalue weighted by atomic mass is 9.89. The summed E-state index contributed by atoms with van der Waals surface area (Å²) in [7, 11) is 3.22. The summed E-state index contributed by atoms with van der Waals surface area (Å²) in [4.78, 5) is 12.0. The molecule has 0 spiro atoms. The second-order valence-corrected chi connectivity index (χ2v) is 7.35. The predicted molar refractivity (Wildman–Crippen MR) is 124 cm³/mol. The van der Waals surface area contributed by atoms with Crippen molar-refractivity contribution in [3.05, 3.63) is 77.8 Å². The number of hydrogen-bond donors (Lipinski definition) is 0. The van der Waals surface area contributed by atoms with E-state index in [1.54, 1.807) is 20.3 Å². The number of fused-ring (bicyclic) bond motifs is 1. The van der Waals surface area contributed by atoms with Crippen LogP contribution in [0.4, 0.5) is 0 Å². The quantitative estimate of drug-likeness (QED) is 0.258. The van der Waals surface area contributed by atoms with Crippen molar-refractivity contribution in [1.82, 2.24) is 0 Å². The molecule has 31 heavy (non-hydrogen) atoms. The summed E-state index contributed by atoms with van der Waals surface area (Å²) in [5, 5.41) is 1.86. The van der Waals surface area contributed by atoms with Crippen molar-refractivity contribution in [1.29, 1.82) is 0 Å². The monoisotopic (exact) mass is 432 g/mol. The Labute approximate surface area is 185 Å². The molecule has 0 N–H and O–H groups in total. The van der Waals surface area contributed by atoms with Gasteiger partial charge >= 0.3 is 5.97 Å². The fourth-order valence-corrected chi connectivity index (χ4v) is 4.08. The van der Waals surface area contributed by atoms with Crippen molar-refractivity contribution in [2.24, 2.45) is 0 Å². The van der Waals surface area contributed by atoms with Crippen LogP contribution in [0.3, 0.4) is 0 Å². The fourth-order valence-electron chi connectivity index (χ4n) is 3.88. The molecule has 0 radical (unpaired) electrons. The number of carbonyl (C=O) groups is 1. The highest BCUT2D eigenvalue weighted by atomic mass is 35.5. The maximum Gasteiger partial charge on any atom is 0.308 e. The zero-order valence-electron chi connectivity index (χ0n) is 17.4. The highest BCUT2D eigenvalue weighted by molar-refractivity contribution is 6.34. The Morgan fingerprint density at radius 3 is 1.74 bits per heavy atom. The van der Waals surface area contributed by atoms with Crippen molar-refractivity contribution in [3.8, 4) is 39.5 Å². The number of halogens is 1. The van der Waals surface area contributed by atoms with E-state index in [0.717, 1.165) is 27.6 Å². The minimum atomic E-state index is -0.454. The Hall–Kier alpha value is -3.50. The Morgan fingerprint density at radius 2 is 1.23 bits per heavy atom. The summed E-state index contributed by atoms with van der Waals surface area (Å²) >= 11 is 6.52. The molecule has 0 aromatic heterocycles. The smallest absolute Gasteiger partial charge is 0.308 e. The molecule has 0 atom stereocenters. The molecule has 0 unspecified atom stereocenters. The molecule has 0 bridgehead atoms. The number of ether oxygens (including phenoxy) is 3. The van der Waals surface area contributed by atoms with Gasteiger partial charge in [-0.15, -0.1) is 0 Å². The second-order valence-electron chi connectivity index (χ2n) is 6.94. The van der Waals surface area contributed by atoms with Crippen molar-refractivity contribution >= 4 is 28.3 Å². The van der Waals surface area contributed by atoms with E-state index >= 15 is 0 Å².